The molecule has 0 N–H and O–H groups in total. The van der Waals surface area contributed by atoms with E-state index in [1.807, 2.05) is 0 Å². The number of ketones is 2. The number of allylic oxidation sites excluding steroid dienone is 1. The fourth-order valence-electron chi connectivity index (χ4n) is 3.07. The number of fused-ring (bicyclic) bond motifs is 2. The van der Waals surface area contributed by atoms with E-state index in [1.165, 1.54) is 7.11 Å². The standard InChI is InChI=1S/C13H16O4/c1-12(2)7-5-8(10(15)17-4)13(3,11(12)16)6-9(7)14/h5,7H,6H2,1-4H3. The molecule has 2 unspecified atom stereocenters. The largest absolute Gasteiger partial charge is 0.466 e. The highest BCUT2D eigenvalue weighted by molar-refractivity contribution is 6.12. The van der Waals surface area contributed by atoms with Gasteiger partial charge < -0.3 is 4.74 Å². The second-order valence-electron chi connectivity index (χ2n) is 5.58. The van der Waals surface area contributed by atoms with Crippen molar-refractivity contribution in [3.8, 4) is 0 Å². The second-order valence-corrected chi connectivity index (χ2v) is 5.58. The molecule has 0 aromatic carbocycles. The summed E-state index contributed by atoms with van der Waals surface area (Å²) >= 11 is 0. The molecule has 2 bridgehead atoms. The van der Waals surface area contributed by atoms with Crippen molar-refractivity contribution in [3.63, 3.8) is 0 Å². The van der Waals surface area contributed by atoms with Crippen molar-refractivity contribution >= 4 is 17.5 Å². The molecule has 3 aliphatic rings. The molecule has 3 rings (SSSR count). The number of carbonyl (C=O) groups excluding carboxylic acids is 3. The summed E-state index contributed by atoms with van der Waals surface area (Å²) in [6.45, 7) is 5.19. The van der Waals surface area contributed by atoms with Crippen LogP contribution in [-0.2, 0) is 19.1 Å². The predicted octanol–water partition coefficient (Wildman–Crippen LogP) is 1.29. The summed E-state index contributed by atoms with van der Waals surface area (Å²) in [5.74, 6) is -1.01. The van der Waals surface area contributed by atoms with Crippen molar-refractivity contribution in [2.45, 2.75) is 27.2 Å². The van der Waals surface area contributed by atoms with E-state index in [0.29, 0.717) is 5.57 Å². The van der Waals surface area contributed by atoms with Gasteiger partial charge in [-0.25, -0.2) is 4.79 Å². The van der Waals surface area contributed by atoms with Crippen molar-refractivity contribution in [3.05, 3.63) is 11.6 Å². The normalized spacial score (nSPS) is 34.6. The summed E-state index contributed by atoms with van der Waals surface area (Å²) in [5, 5.41) is 0. The molecule has 4 nitrogen and oxygen atoms in total. The quantitative estimate of drug-likeness (QED) is 0.644. The van der Waals surface area contributed by atoms with E-state index in [-0.39, 0.29) is 18.0 Å². The molecule has 0 aromatic rings. The summed E-state index contributed by atoms with van der Waals surface area (Å²) < 4.78 is 4.69. The van der Waals surface area contributed by atoms with Gasteiger partial charge in [0.2, 0.25) is 0 Å². The predicted molar refractivity (Wildman–Crippen MR) is 60.1 cm³/mol. The minimum absolute atomic E-state index is 0.0322. The van der Waals surface area contributed by atoms with Crippen LogP contribution >= 0.6 is 0 Å². The fourth-order valence-corrected chi connectivity index (χ4v) is 3.07. The third-order valence-corrected chi connectivity index (χ3v) is 4.07. The molecule has 17 heavy (non-hydrogen) atoms. The Bertz CT molecular complexity index is 458. The average Bonchev–Trinajstić information content (AvgIpc) is 2.24. The Labute approximate surface area is 100 Å². The lowest BCUT2D eigenvalue weighted by molar-refractivity contribution is -0.155. The lowest BCUT2D eigenvalue weighted by Gasteiger charge is -2.49. The number of hydrogen-bond donors (Lipinski definition) is 0. The molecule has 3 aliphatic carbocycles. The summed E-state index contributed by atoms with van der Waals surface area (Å²) in [4.78, 5) is 36.0. The van der Waals surface area contributed by atoms with Crippen LogP contribution in [0.3, 0.4) is 0 Å². The van der Waals surface area contributed by atoms with Crippen LogP contribution in [0.15, 0.2) is 11.6 Å². The molecule has 0 aromatic heterocycles. The second kappa shape index (κ2) is 3.28. The molecule has 0 amide bonds. The highest BCUT2D eigenvalue weighted by atomic mass is 16.5. The van der Waals surface area contributed by atoms with E-state index < -0.39 is 22.7 Å². The molecule has 0 saturated heterocycles. The lowest BCUT2D eigenvalue weighted by atomic mass is 9.51. The zero-order chi connectivity index (χ0) is 13.0. The number of hydrogen-bond acceptors (Lipinski definition) is 4. The first-order valence-corrected chi connectivity index (χ1v) is 5.63. The van der Waals surface area contributed by atoms with E-state index in [9.17, 15) is 14.4 Å². The Hall–Kier alpha value is -1.45. The average molecular weight is 236 g/mol. The number of rotatable bonds is 1. The zero-order valence-electron chi connectivity index (χ0n) is 10.5. The van der Waals surface area contributed by atoms with Crippen LogP contribution < -0.4 is 0 Å². The first-order chi connectivity index (χ1) is 7.75. The number of esters is 1. The maximum Gasteiger partial charge on any atom is 0.334 e. The van der Waals surface area contributed by atoms with Gasteiger partial charge in [-0.1, -0.05) is 19.9 Å². The van der Waals surface area contributed by atoms with Crippen LogP contribution in [0.5, 0.6) is 0 Å². The smallest absolute Gasteiger partial charge is 0.334 e. The lowest BCUT2D eigenvalue weighted by Crippen LogP contribution is -2.57. The summed E-state index contributed by atoms with van der Waals surface area (Å²) in [7, 11) is 1.28. The molecule has 2 atom stereocenters. The maximum absolute atomic E-state index is 12.4. The molecule has 0 radical (unpaired) electrons. The summed E-state index contributed by atoms with van der Waals surface area (Å²) in [6.07, 6.45) is 1.74. The van der Waals surface area contributed by atoms with Crippen molar-refractivity contribution in [2.24, 2.45) is 16.7 Å². The highest BCUT2D eigenvalue weighted by Gasteiger charge is 2.60. The zero-order valence-corrected chi connectivity index (χ0v) is 10.5. The van der Waals surface area contributed by atoms with Crippen molar-refractivity contribution in [1.29, 1.82) is 0 Å². The van der Waals surface area contributed by atoms with Gasteiger partial charge in [0.05, 0.1) is 12.5 Å². The van der Waals surface area contributed by atoms with Crippen molar-refractivity contribution in [1.82, 2.24) is 0 Å². The minimum Gasteiger partial charge on any atom is -0.466 e. The van der Waals surface area contributed by atoms with E-state index in [2.05, 4.69) is 4.74 Å². The number of Topliss-reactive ketones (excluding diaryl/α,β-unsaturated/α-hetero) is 2. The highest BCUT2D eigenvalue weighted by Crippen LogP contribution is 2.53. The van der Waals surface area contributed by atoms with E-state index >= 15 is 0 Å². The molecule has 1 fully saturated rings. The first kappa shape index (κ1) is 12.0. The van der Waals surface area contributed by atoms with Gasteiger partial charge in [0.1, 0.15) is 11.6 Å². The molecule has 0 spiro atoms. The number of ether oxygens (including phenoxy) is 1. The Kier molecular flexibility index (Phi) is 2.32. The Morgan fingerprint density at radius 3 is 2.47 bits per heavy atom. The molecular formula is C13H16O4. The number of methoxy groups -OCH3 is 1. The van der Waals surface area contributed by atoms with Gasteiger partial charge in [-0.15, -0.1) is 0 Å². The van der Waals surface area contributed by atoms with Gasteiger partial charge in [0.25, 0.3) is 0 Å². The number of carbonyl (C=O) groups is 3. The van der Waals surface area contributed by atoms with E-state index in [0.717, 1.165) is 0 Å². The molecule has 0 aliphatic heterocycles. The Morgan fingerprint density at radius 2 is 1.94 bits per heavy atom. The monoisotopic (exact) mass is 236 g/mol. The summed E-state index contributed by atoms with van der Waals surface area (Å²) in [5.41, 5.74) is -1.39. The van der Waals surface area contributed by atoms with Gasteiger partial charge in [0, 0.05) is 23.3 Å². The first-order valence-electron chi connectivity index (χ1n) is 5.63. The van der Waals surface area contributed by atoms with Crippen LogP contribution in [0.25, 0.3) is 0 Å². The Balaban J connectivity index is 2.62. The van der Waals surface area contributed by atoms with Gasteiger partial charge in [-0.2, -0.15) is 0 Å². The molecule has 92 valence electrons. The Morgan fingerprint density at radius 1 is 1.35 bits per heavy atom. The molecule has 4 heteroatoms. The third kappa shape index (κ3) is 1.33. The minimum atomic E-state index is -1.01. The van der Waals surface area contributed by atoms with Gasteiger partial charge in [-0.3, -0.25) is 9.59 Å². The van der Waals surface area contributed by atoms with Gasteiger partial charge in [0.15, 0.2) is 0 Å². The van der Waals surface area contributed by atoms with E-state index in [1.54, 1.807) is 26.8 Å². The van der Waals surface area contributed by atoms with Crippen LogP contribution in [0, 0.1) is 16.7 Å². The van der Waals surface area contributed by atoms with Crippen molar-refractivity contribution in [2.75, 3.05) is 7.11 Å². The molecule has 1 saturated carbocycles. The molecule has 0 heterocycles. The maximum atomic E-state index is 12.4. The van der Waals surface area contributed by atoms with Crippen LogP contribution in [-0.4, -0.2) is 24.6 Å². The topological polar surface area (TPSA) is 60.4 Å². The van der Waals surface area contributed by atoms with Gasteiger partial charge >= 0.3 is 5.97 Å². The van der Waals surface area contributed by atoms with Crippen LogP contribution in [0.2, 0.25) is 0 Å². The van der Waals surface area contributed by atoms with Crippen LogP contribution in [0.1, 0.15) is 27.2 Å². The third-order valence-electron chi connectivity index (χ3n) is 4.07. The molecular weight excluding hydrogens is 220 g/mol. The van der Waals surface area contributed by atoms with Gasteiger partial charge in [-0.05, 0) is 6.92 Å². The van der Waals surface area contributed by atoms with Crippen molar-refractivity contribution < 1.29 is 19.1 Å². The van der Waals surface area contributed by atoms with Crippen LogP contribution in [0.4, 0.5) is 0 Å². The van der Waals surface area contributed by atoms with E-state index in [4.69, 9.17) is 0 Å². The fraction of sp³-hybridized carbons (Fsp3) is 0.615. The SMILES string of the molecule is COC(=O)C1=CC2C(=O)CC1(C)C(=O)C2(C)C. The summed E-state index contributed by atoms with van der Waals surface area (Å²) in [6, 6.07) is 0.